The van der Waals surface area contributed by atoms with Gasteiger partial charge in [0.15, 0.2) is 0 Å². The molecule has 0 radical (unpaired) electrons. The summed E-state index contributed by atoms with van der Waals surface area (Å²) in [6.07, 6.45) is 9.76. The maximum Gasteiger partial charge on any atom is 0.0705 e. The number of hydrogen-bond acceptors (Lipinski definition) is 3. The summed E-state index contributed by atoms with van der Waals surface area (Å²) in [4.78, 5) is 0. The van der Waals surface area contributed by atoms with Gasteiger partial charge in [-0.3, -0.25) is 16.0 Å². The summed E-state index contributed by atoms with van der Waals surface area (Å²) in [5, 5.41) is 4.25. The molecule has 0 spiro atoms. The van der Waals surface area contributed by atoms with E-state index >= 15 is 0 Å². The van der Waals surface area contributed by atoms with Crippen LogP contribution in [0.15, 0.2) is 10.7 Å². The van der Waals surface area contributed by atoms with Gasteiger partial charge in [0, 0.05) is 7.05 Å². The lowest BCUT2D eigenvalue weighted by Gasteiger charge is -2.26. The second kappa shape index (κ2) is 5.98. The first-order valence-electron chi connectivity index (χ1n) is 6.36. The molecule has 0 saturated heterocycles. The fraction of sp³-hybridized carbons (Fsp3) is 0.750. The molecule has 1 aliphatic carbocycles. The summed E-state index contributed by atoms with van der Waals surface area (Å²) in [6.45, 7) is 0. The van der Waals surface area contributed by atoms with Crippen molar-refractivity contribution in [2.45, 2.75) is 44.6 Å². The van der Waals surface area contributed by atoms with E-state index in [9.17, 15) is 0 Å². The van der Waals surface area contributed by atoms with Crippen molar-refractivity contribution in [3.8, 4) is 0 Å². The molecule has 1 saturated carbocycles. The zero-order valence-corrected chi connectivity index (χ0v) is 11.9. The lowest BCUT2D eigenvalue weighted by atomic mass is 9.84. The number of rotatable bonds is 4. The summed E-state index contributed by atoms with van der Waals surface area (Å²) in [5.74, 6) is 6.50. The van der Waals surface area contributed by atoms with Gasteiger partial charge >= 0.3 is 0 Å². The van der Waals surface area contributed by atoms with Crippen LogP contribution in [0.4, 0.5) is 0 Å². The molecule has 1 atom stereocenters. The van der Waals surface area contributed by atoms with Crippen molar-refractivity contribution in [3.63, 3.8) is 0 Å². The fourth-order valence-electron chi connectivity index (χ4n) is 2.83. The number of nitrogens with two attached hydrogens (primary N) is 1. The molecule has 0 bridgehead atoms. The molecule has 1 fully saturated rings. The summed E-state index contributed by atoms with van der Waals surface area (Å²) < 4.78 is 2.94. The van der Waals surface area contributed by atoms with Crippen molar-refractivity contribution in [1.29, 1.82) is 0 Å². The lowest BCUT2D eigenvalue weighted by molar-refractivity contribution is 0.295. The second-order valence-electron chi connectivity index (χ2n) is 4.96. The molecular weight excluding hydrogens is 280 g/mol. The van der Waals surface area contributed by atoms with Crippen LogP contribution in [0.5, 0.6) is 0 Å². The minimum atomic E-state index is 0.194. The van der Waals surface area contributed by atoms with Crippen LogP contribution in [0.1, 0.15) is 50.3 Å². The van der Waals surface area contributed by atoms with Gasteiger partial charge in [-0.25, -0.2) is 0 Å². The molecule has 17 heavy (non-hydrogen) atoms. The van der Waals surface area contributed by atoms with Gasteiger partial charge in [-0.05, 0) is 28.3 Å². The first kappa shape index (κ1) is 13.1. The molecule has 2 rings (SSSR count). The Kier molecular flexibility index (Phi) is 4.59. The second-order valence-corrected chi connectivity index (χ2v) is 5.81. The summed E-state index contributed by atoms with van der Waals surface area (Å²) in [7, 11) is 1.96. The first-order valence-corrected chi connectivity index (χ1v) is 7.15. The van der Waals surface area contributed by atoms with E-state index in [2.05, 4.69) is 26.5 Å². The lowest BCUT2D eigenvalue weighted by Crippen LogP contribution is -2.31. The fourth-order valence-corrected chi connectivity index (χ4v) is 3.45. The van der Waals surface area contributed by atoms with E-state index < -0.39 is 0 Å². The third-order valence-electron chi connectivity index (χ3n) is 3.76. The van der Waals surface area contributed by atoms with Crippen molar-refractivity contribution in [3.05, 3.63) is 16.4 Å². The zero-order valence-electron chi connectivity index (χ0n) is 10.3. The molecule has 1 aliphatic rings. The summed E-state index contributed by atoms with van der Waals surface area (Å²) >= 11 is 3.54. The monoisotopic (exact) mass is 300 g/mol. The van der Waals surface area contributed by atoms with E-state index in [0.717, 1.165) is 22.5 Å². The van der Waals surface area contributed by atoms with E-state index in [-0.39, 0.29) is 6.04 Å². The molecular formula is C12H21BrN4. The average molecular weight is 301 g/mol. The number of aryl methyl sites for hydroxylation is 1. The van der Waals surface area contributed by atoms with Crippen molar-refractivity contribution in [2.75, 3.05) is 0 Å². The smallest absolute Gasteiger partial charge is 0.0705 e. The maximum atomic E-state index is 5.71. The molecule has 3 N–H and O–H groups in total. The molecule has 0 amide bonds. The number of aromatic nitrogens is 2. The van der Waals surface area contributed by atoms with Crippen LogP contribution in [-0.4, -0.2) is 9.78 Å². The minimum Gasteiger partial charge on any atom is -0.271 e. The van der Waals surface area contributed by atoms with Gasteiger partial charge in [0.2, 0.25) is 0 Å². The van der Waals surface area contributed by atoms with Crippen LogP contribution in [0.25, 0.3) is 0 Å². The van der Waals surface area contributed by atoms with Gasteiger partial charge in [-0.2, -0.15) is 5.10 Å². The van der Waals surface area contributed by atoms with E-state index in [1.165, 1.54) is 32.1 Å². The number of hydrogen-bond donors (Lipinski definition) is 2. The predicted octanol–water partition coefficient (Wildman–Crippen LogP) is 2.66. The van der Waals surface area contributed by atoms with Gasteiger partial charge in [0.25, 0.3) is 0 Å². The molecule has 4 nitrogen and oxygen atoms in total. The predicted molar refractivity (Wildman–Crippen MR) is 72.2 cm³/mol. The Bertz CT molecular complexity index is 338. The normalized spacial score (nSPS) is 19.5. The summed E-state index contributed by atoms with van der Waals surface area (Å²) in [5.41, 5.74) is 4.09. The topological polar surface area (TPSA) is 55.9 Å². The molecule has 1 aromatic heterocycles. The van der Waals surface area contributed by atoms with E-state index in [4.69, 9.17) is 5.84 Å². The molecule has 0 aromatic carbocycles. The SMILES string of the molecule is Cn1ncc(Br)c1C(CC1CCCCC1)NN. The van der Waals surface area contributed by atoms with Gasteiger partial charge in [-0.1, -0.05) is 32.1 Å². The Morgan fingerprint density at radius 2 is 2.24 bits per heavy atom. The number of nitrogens with zero attached hydrogens (tertiary/aromatic N) is 2. The standard InChI is InChI=1S/C12H21BrN4/c1-17-12(10(13)8-15-17)11(16-14)7-9-5-3-2-4-6-9/h8-9,11,16H,2-7,14H2,1H3. The Morgan fingerprint density at radius 3 is 2.76 bits per heavy atom. The van der Waals surface area contributed by atoms with Crippen LogP contribution in [0, 0.1) is 5.92 Å². The highest BCUT2D eigenvalue weighted by atomic mass is 79.9. The van der Waals surface area contributed by atoms with Gasteiger partial charge in [0.1, 0.15) is 0 Å². The number of hydrazine groups is 1. The quantitative estimate of drug-likeness (QED) is 0.664. The van der Waals surface area contributed by atoms with Gasteiger partial charge in [-0.15, -0.1) is 0 Å². The van der Waals surface area contributed by atoms with Crippen LogP contribution < -0.4 is 11.3 Å². The Hall–Kier alpha value is -0.390. The van der Waals surface area contributed by atoms with Gasteiger partial charge in [0.05, 0.1) is 22.4 Å². The molecule has 5 heteroatoms. The number of halogens is 1. The summed E-state index contributed by atoms with van der Waals surface area (Å²) in [6, 6.07) is 0.194. The number of nitrogens with one attached hydrogen (secondary N) is 1. The van der Waals surface area contributed by atoms with Crippen LogP contribution in [0.3, 0.4) is 0 Å². The van der Waals surface area contributed by atoms with Crippen molar-refractivity contribution < 1.29 is 0 Å². The van der Waals surface area contributed by atoms with E-state index in [0.29, 0.717) is 0 Å². The maximum absolute atomic E-state index is 5.71. The molecule has 1 aromatic rings. The molecule has 1 heterocycles. The Balaban J connectivity index is 2.05. The minimum absolute atomic E-state index is 0.194. The Labute approximate surface area is 111 Å². The highest BCUT2D eigenvalue weighted by Crippen LogP contribution is 2.33. The highest BCUT2D eigenvalue weighted by Gasteiger charge is 2.23. The average Bonchev–Trinajstić information content (AvgIpc) is 2.68. The zero-order chi connectivity index (χ0) is 12.3. The Morgan fingerprint density at radius 1 is 1.53 bits per heavy atom. The highest BCUT2D eigenvalue weighted by molar-refractivity contribution is 9.10. The van der Waals surface area contributed by atoms with Crippen molar-refractivity contribution >= 4 is 15.9 Å². The van der Waals surface area contributed by atoms with Crippen molar-refractivity contribution in [2.24, 2.45) is 18.8 Å². The van der Waals surface area contributed by atoms with Gasteiger partial charge < -0.3 is 0 Å². The van der Waals surface area contributed by atoms with Crippen molar-refractivity contribution in [1.82, 2.24) is 15.2 Å². The third-order valence-corrected chi connectivity index (χ3v) is 4.37. The largest absolute Gasteiger partial charge is 0.271 e. The van der Waals surface area contributed by atoms with Crippen LogP contribution in [-0.2, 0) is 7.05 Å². The third kappa shape index (κ3) is 3.09. The van der Waals surface area contributed by atoms with Crippen LogP contribution >= 0.6 is 15.9 Å². The van der Waals surface area contributed by atoms with E-state index in [1.54, 1.807) is 0 Å². The van der Waals surface area contributed by atoms with E-state index in [1.807, 2.05) is 17.9 Å². The molecule has 0 aliphatic heterocycles. The first-order chi connectivity index (χ1) is 8.22. The molecule has 96 valence electrons. The molecule has 1 unspecified atom stereocenters. The van der Waals surface area contributed by atoms with Crippen LogP contribution in [0.2, 0.25) is 0 Å².